The number of hydrogen-bond donors (Lipinski definition) is 2. The van der Waals surface area contributed by atoms with Gasteiger partial charge in [-0.3, -0.25) is 4.79 Å². The lowest BCUT2D eigenvalue weighted by Gasteiger charge is -2.10. The van der Waals surface area contributed by atoms with Gasteiger partial charge in [-0.05, 0) is 6.42 Å². The predicted molar refractivity (Wildman–Crippen MR) is 62.6 cm³/mol. The SMILES string of the molecule is CCS(=O)(=O)CCNC(=O)C1C=CC(N)C1. The van der Waals surface area contributed by atoms with Gasteiger partial charge in [-0.15, -0.1) is 0 Å². The molecule has 6 heteroatoms. The third-order valence-electron chi connectivity index (χ3n) is 2.61. The van der Waals surface area contributed by atoms with Gasteiger partial charge in [0.1, 0.15) is 0 Å². The smallest absolute Gasteiger partial charge is 0.227 e. The highest BCUT2D eigenvalue weighted by molar-refractivity contribution is 7.91. The third kappa shape index (κ3) is 3.94. The van der Waals surface area contributed by atoms with E-state index in [1.165, 1.54) is 0 Å². The van der Waals surface area contributed by atoms with Crippen LogP contribution >= 0.6 is 0 Å². The average Bonchev–Trinajstić information content (AvgIpc) is 2.64. The van der Waals surface area contributed by atoms with Gasteiger partial charge in [0.2, 0.25) is 5.91 Å². The van der Waals surface area contributed by atoms with E-state index in [0.717, 1.165) is 0 Å². The molecule has 0 aliphatic heterocycles. The Morgan fingerprint density at radius 1 is 1.50 bits per heavy atom. The predicted octanol–water partition coefficient (Wildman–Crippen LogP) is -0.559. The highest BCUT2D eigenvalue weighted by Gasteiger charge is 2.22. The molecular weight excluding hydrogens is 228 g/mol. The Labute approximate surface area is 96.0 Å². The molecule has 0 aromatic heterocycles. The van der Waals surface area contributed by atoms with Gasteiger partial charge in [0, 0.05) is 18.3 Å². The summed E-state index contributed by atoms with van der Waals surface area (Å²) in [4.78, 5) is 11.6. The molecule has 5 nitrogen and oxygen atoms in total. The van der Waals surface area contributed by atoms with Crippen LogP contribution in [0.4, 0.5) is 0 Å². The Balaban J connectivity index is 2.29. The van der Waals surface area contributed by atoms with E-state index in [-0.39, 0.29) is 35.9 Å². The van der Waals surface area contributed by atoms with Crippen LogP contribution in [-0.4, -0.2) is 38.4 Å². The summed E-state index contributed by atoms with van der Waals surface area (Å²) in [6.07, 6.45) is 4.17. The summed E-state index contributed by atoms with van der Waals surface area (Å²) < 4.78 is 22.3. The van der Waals surface area contributed by atoms with E-state index >= 15 is 0 Å². The van der Waals surface area contributed by atoms with Gasteiger partial charge in [-0.25, -0.2) is 8.42 Å². The Bertz CT molecular complexity index is 376. The van der Waals surface area contributed by atoms with Crippen molar-refractivity contribution in [2.45, 2.75) is 19.4 Å². The molecule has 0 aromatic carbocycles. The Morgan fingerprint density at radius 3 is 2.69 bits per heavy atom. The molecule has 92 valence electrons. The van der Waals surface area contributed by atoms with Crippen LogP contribution in [0.15, 0.2) is 12.2 Å². The molecule has 1 aliphatic rings. The number of nitrogens with one attached hydrogen (secondary N) is 1. The van der Waals surface area contributed by atoms with Crippen molar-refractivity contribution in [3.8, 4) is 0 Å². The largest absolute Gasteiger partial charge is 0.355 e. The van der Waals surface area contributed by atoms with Crippen molar-refractivity contribution in [3.63, 3.8) is 0 Å². The molecule has 1 rings (SSSR count). The molecule has 0 saturated heterocycles. The van der Waals surface area contributed by atoms with Crippen molar-refractivity contribution in [3.05, 3.63) is 12.2 Å². The second-order valence-corrected chi connectivity index (χ2v) is 6.39. The first-order valence-corrected chi connectivity index (χ1v) is 7.19. The maximum Gasteiger partial charge on any atom is 0.227 e. The second kappa shape index (κ2) is 5.45. The summed E-state index contributed by atoms with van der Waals surface area (Å²) in [7, 11) is -3.01. The van der Waals surface area contributed by atoms with Crippen LogP contribution in [0.25, 0.3) is 0 Å². The first-order valence-electron chi connectivity index (χ1n) is 5.36. The van der Waals surface area contributed by atoms with Gasteiger partial charge in [-0.1, -0.05) is 19.1 Å². The second-order valence-electron chi connectivity index (χ2n) is 3.92. The maximum absolute atomic E-state index is 11.6. The minimum Gasteiger partial charge on any atom is -0.355 e. The average molecular weight is 246 g/mol. The van der Waals surface area contributed by atoms with Crippen LogP contribution in [0.1, 0.15) is 13.3 Å². The normalized spacial score (nSPS) is 24.6. The topological polar surface area (TPSA) is 89.3 Å². The molecule has 0 bridgehead atoms. The van der Waals surface area contributed by atoms with Crippen LogP contribution in [0, 0.1) is 5.92 Å². The fraction of sp³-hybridized carbons (Fsp3) is 0.700. The van der Waals surface area contributed by atoms with Crippen molar-refractivity contribution in [2.75, 3.05) is 18.1 Å². The van der Waals surface area contributed by atoms with E-state index < -0.39 is 9.84 Å². The molecule has 3 N–H and O–H groups in total. The quantitative estimate of drug-likeness (QED) is 0.636. The van der Waals surface area contributed by atoms with Gasteiger partial charge in [0.25, 0.3) is 0 Å². The highest BCUT2D eigenvalue weighted by atomic mass is 32.2. The van der Waals surface area contributed by atoms with Crippen LogP contribution in [0.5, 0.6) is 0 Å². The van der Waals surface area contributed by atoms with Crippen LogP contribution in [-0.2, 0) is 14.6 Å². The Morgan fingerprint density at radius 2 is 2.19 bits per heavy atom. The van der Waals surface area contributed by atoms with E-state index in [1.807, 2.05) is 0 Å². The zero-order valence-corrected chi connectivity index (χ0v) is 10.2. The molecule has 2 unspecified atom stereocenters. The minimum absolute atomic E-state index is 0.00225. The number of rotatable bonds is 5. The number of amides is 1. The summed E-state index contributed by atoms with van der Waals surface area (Å²) in [6, 6.07) is -0.0601. The summed E-state index contributed by atoms with van der Waals surface area (Å²) >= 11 is 0. The standard InChI is InChI=1S/C10H18N2O3S/c1-2-16(14,15)6-5-12-10(13)8-3-4-9(11)7-8/h3-4,8-9H,2,5-7,11H2,1H3,(H,12,13). The Hall–Kier alpha value is -0.880. The first kappa shape index (κ1) is 13.2. The van der Waals surface area contributed by atoms with E-state index in [9.17, 15) is 13.2 Å². The zero-order valence-electron chi connectivity index (χ0n) is 9.35. The van der Waals surface area contributed by atoms with Gasteiger partial charge < -0.3 is 11.1 Å². The van der Waals surface area contributed by atoms with Crippen molar-refractivity contribution in [2.24, 2.45) is 11.7 Å². The lowest BCUT2D eigenvalue weighted by molar-refractivity contribution is -0.123. The maximum atomic E-state index is 11.6. The van der Waals surface area contributed by atoms with Gasteiger partial charge in [0.05, 0.1) is 11.7 Å². The molecule has 0 spiro atoms. The molecule has 2 atom stereocenters. The molecule has 0 saturated carbocycles. The van der Waals surface area contributed by atoms with Crippen molar-refractivity contribution in [1.82, 2.24) is 5.32 Å². The lowest BCUT2D eigenvalue weighted by atomic mass is 10.1. The summed E-state index contributed by atoms with van der Waals surface area (Å²) in [5, 5.41) is 2.61. The number of sulfone groups is 1. The molecule has 1 amide bonds. The number of hydrogen-bond acceptors (Lipinski definition) is 4. The summed E-state index contributed by atoms with van der Waals surface area (Å²) in [5.74, 6) is -0.246. The molecule has 0 heterocycles. The molecular formula is C10H18N2O3S. The first-order chi connectivity index (χ1) is 7.44. The lowest BCUT2D eigenvalue weighted by Crippen LogP contribution is -2.34. The number of carbonyl (C=O) groups is 1. The molecule has 0 radical (unpaired) electrons. The summed E-state index contributed by atoms with van der Waals surface area (Å²) in [6.45, 7) is 1.77. The fourth-order valence-corrected chi connectivity index (χ4v) is 2.23. The number of nitrogens with two attached hydrogens (primary N) is 1. The zero-order chi connectivity index (χ0) is 12.2. The molecule has 16 heavy (non-hydrogen) atoms. The van der Waals surface area contributed by atoms with Crippen LogP contribution in [0.2, 0.25) is 0 Å². The Kier molecular flexibility index (Phi) is 4.49. The highest BCUT2D eigenvalue weighted by Crippen LogP contribution is 2.15. The molecule has 1 aliphatic carbocycles. The van der Waals surface area contributed by atoms with Crippen molar-refractivity contribution < 1.29 is 13.2 Å². The molecule has 0 aromatic rings. The monoisotopic (exact) mass is 246 g/mol. The number of carbonyl (C=O) groups excluding carboxylic acids is 1. The van der Waals surface area contributed by atoms with Crippen LogP contribution < -0.4 is 11.1 Å². The van der Waals surface area contributed by atoms with E-state index in [2.05, 4.69) is 5.32 Å². The van der Waals surface area contributed by atoms with Crippen molar-refractivity contribution in [1.29, 1.82) is 0 Å². The van der Waals surface area contributed by atoms with Gasteiger partial charge in [0.15, 0.2) is 9.84 Å². The summed E-state index contributed by atoms with van der Waals surface area (Å²) in [5.41, 5.74) is 5.62. The van der Waals surface area contributed by atoms with Gasteiger partial charge in [-0.2, -0.15) is 0 Å². The van der Waals surface area contributed by atoms with Crippen molar-refractivity contribution >= 4 is 15.7 Å². The minimum atomic E-state index is -3.01. The fourth-order valence-electron chi connectivity index (χ4n) is 1.53. The van der Waals surface area contributed by atoms with Gasteiger partial charge >= 0.3 is 0 Å². The van der Waals surface area contributed by atoms with E-state index in [4.69, 9.17) is 5.73 Å². The van der Waals surface area contributed by atoms with E-state index in [1.54, 1.807) is 19.1 Å². The van der Waals surface area contributed by atoms with Crippen LogP contribution in [0.3, 0.4) is 0 Å². The molecule has 0 fully saturated rings. The third-order valence-corrected chi connectivity index (χ3v) is 4.31. The van der Waals surface area contributed by atoms with E-state index in [0.29, 0.717) is 6.42 Å².